The molecule has 0 aromatic carbocycles. The summed E-state index contributed by atoms with van der Waals surface area (Å²) in [6, 6.07) is 8.28. The molecule has 0 aliphatic carbocycles. The molecule has 0 spiro atoms. The molecule has 1 unspecified atom stereocenters. The number of rotatable bonds is 4. The fraction of sp³-hybridized carbons (Fsp3) is 0.412. The first kappa shape index (κ1) is 15.2. The van der Waals surface area contributed by atoms with Gasteiger partial charge in [-0.15, -0.1) is 11.3 Å². The van der Waals surface area contributed by atoms with Crippen molar-refractivity contribution >= 4 is 17.3 Å². The van der Waals surface area contributed by atoms with E-state index in [4.69, 9.17) is 0 Å². The highest BCUT2D eigenvalue weighted by atomic mass is 32.1. The smallest absolute Gasteiger partial charge is 0.306 e. The van der Waals surface area contributed by atoms with Gasteiger partial charge in [-0.2, -0.15) is 0 Å². The van der Waals surface area contributed by atoms with Crippen molar-refractivity contribution in [1.82, 2.24) is 9.88 Å². The van der Waals surface area contributed by atoms with Crippen molar-refractivity contribution in [1.29, 1.82) is 0 Å². The molecule has 3 heterocycles. The molecule has 0 amide bonds. The standard InChI is InChI=1S/C17H20N2O2S/c1-12-7-11-22-16(12)15(14-4-2-3-8-18-14)19-9-5-13(6-10-19)17(20)21/h2-4,7-8,11,13,15H,5-6,9-10H2,1H3,(H,20,21). The van der Waals surface area contributed by atoms with E-state index in [-0.39, 0.29) is 12.0 Å². The number of thiophene rings is 1. The summed E-state index contributed by atoms with van der Waals surface area (Å²) in [4.78, 5) is 19.4. The molecule has 1 aliphatic rings. The number of hydrogen-bond acceptors (Lipinski definition) is 4. The molecule has 116 valence electrons. The molecule has 1 saturated heterocycles. The second-order valence-corrected chi connectivity index (χ2v) is 6.72. The summed E-state index contributed by atoms with van der Waals surface area (Å²) in [5.74, 6) is -0.869. The van der Waals surface area contributed by atoms with Crippen molar-refractivity contribution < 1.29 is 9.90 Å². The van der Waals surface area contributed by atoms with Crippen LogP contribution in [0.25, 0.3) is 0 Å². The third-order valence-corrected chi connectivity index (χ3v) is 5.43. The quantitative estimate of drug-likeness (QED) is 0.940. The van der Waals surface area contributed by atoms with Crippen molar-refractivity contribution in [3.05, 3.63) is 52.0 Å². The molecule has 0 bridgehead atoms. The molecular weight excluding hydrogens is 296 g/mol. The van der Waals surface area contributed by atoms with Crippen molar-refractivity contribution in [3.63, 3.8) is 0 Å². The van der Waals surface area contributed by atoms with Crippen LogP contribution in [0.2, 0.25) is 0 Å². The molecule has 0 radical (unpaired) electrons. The summed E-state index contributed by atoms with van der Waals surface area (Å²) in [6.45, 7) is 3.73. The summed E-state index contributed by atoms with van der Waals surface area (Å²) in [6.07, 6.45) is 3.25. The van der Waals surface area contributed by atoms with Crippen molar-refractivity contribution in [2.24, 2.45) is 5.92 Å². The molecule has 1 N–H and O–H groups in total. The summed E-state index contributed by atoms with van der Waals surface area (Å²) in [7, 11) is 0. The van der Waals surface area contributed by atoms with Gasteiger partial charge in [0.25, 0.3) is 0 Å². The van der Waals surface area contributed by atoms with Gasteiger partial charge in [-0.3, -0.25) is 14.7 Å². The van der Waals surface area contributed by atoms with Crippen LogP contribution < -0.4 is 0 Å². The van der Waals surface area contributed by atoms with Crippen molar-refractivity contribution in [3.8, 4) is 0 Å². The van der Waals surface area contributed by atoms with E-state index in [1.54, 1.807) is 11.3 Å². The third kappa shape index (κ3) is 3.05. The molecule has 2 aromatic rings. The Kier molecular flexibility index (Phi) is 4.55. The molecule has 22 heavy (non-hydrogen) atoms. The zero-order valence-corrected chi connectivity index (χ0v) is 13.4. The minimum atomic E-state index is -0.665. The molecule has 1 aliphatic heterocycles. The van der Waals surface area contributed by atoms with Crippen LogP contribution in [-0.4, -0.2) is 34.0 Å². The summed E-state index contributed by atoms with van der Waals surface area (Å²) < 4.78 is 0. The molecule has 2 aromatic heterocycles. The van der Waals surface area contributed by atoms with Gasteiger partial charge in [-0.05, 0) is 62.0 Å². The second kappa shape index (κ2) is 6.58. The Morgan fingerprint density at radius 1 is 1.36 bits per heavy atom. The van der Waals surface area contributed by atoms with Crippen LogP contribution in [0.3, 0.4) is 0 Å². The first-order chi connectivity index (χ1) is 10.7. The Morgan fingerprint density at radius 3 is 2.68 bits per heavy atom. The minimum absolute atomic E-state index is 0.135. The fourth-order valence-electron chi connectivity index (χ4n) is 3.09. The van der Waals surface area contributed by atoms with Gasteiger partial charge < -0.3 is 5.11 Å². The van der Waals surface area contributed by atoms with Crippen LogP contribution >= 0.6 is 11.3 Å². The number of carbonyl (C=O) groups is 1. The first-order valence-corrected chi connectivity index (χ1v) is 8.46. The highest BCUT2D eigenvalue weighted by molar-refractivity contribution is 7.10. The summed E-state index contributed by atoms with van der Waals surface area (Å²) in [5.41, 5.74) is 2.32. The lowest BCUT2D eigenvalue weighted by molar-refractivity contribution is -0.143. The van der Waals surface area contributed by atoms with E-state index in [0.717, 1.165) is 18.8 Å². The second-order valence-electron chi connectivity index (χ2n) is 5.77. The van der Waals surface area contributed by atoms with E-state index >= 15 is 0 Å². The van der Waals surface area contributed by atoms with Gasteiger partial charge in [0, 0.05) is 11.1 Å². The van der Waals surface area contributed by atoms with Gasteiger partial charge in [0.05, 0.1) is 17.7 Å². The number of pyridine rings is 1. The van der Waals surface area contributed by atoms with Gasteiger partial charge >= 0.3 is 5.97 Å². The van der Waals surface area contributed by atoms with Gasteiger partial charge in [0.1, 0.15) is 0 Å². The summed E-state index contributed by atoms with van der Waals surface area (Å²) in [5, 5.41) is 11.3. The Bertz CT molecular complexity index is 633. The Balaban J connectivity index is 1.87. The number of nitrogens with zero attached hydrogens (tertiary/aromatic N) is 2. The lowest BCUT2D eigenvalue weighted by Gasteiger charge is -2.36. The van der Waals surface area contributed by atoms with Crippen molar-refractivity contribution in [2.45, 2.75) is 25.8 Å². The van der Waals surface area contributed by atoms with Gasteiger partial charge in [0.2, 0.25) is 0 Å². The van der Waals surface area contributed by atoms with E-state index in [2.05, 4.69) is 34.3 Å². The molecule has 4 nitrogen and oxygen atoms in total. The van der Waals surface area contributed by atoms with Crippen molar-refractivity contribution in [2.75, 3.05) is 13.1 Å². The third-order valence-electron chi connectivity index (χ3n) is 4.36. The molecular formula is C17H20N2O2S. The predicted molar refractivity (Wildman–Crippen MR) is 87.1 cm³/mol. The minimum Gasteiger partial charge on any atom is -0.481 e. The Hall–Kier alpha value is -1.72. The SMILES string of the molecule is Cc1ccsc1C(c1ccccn1)N1CCC(C(=O)O)CC1. The fourth-order valence-corrected chi connectivity index (χ4v) is 4.17. The Labute approximate surface area is 134 Å². The number of hydrogen-bond donors (Lipinski definition) is 1. The predicted octanol–water partition coefficient (Wildman–Crippen LogP) is 3.34. The van der Waals surface area contributed by atoms with Crippen LogP contribution in [-0.2, 0) is 4.79 Å². The maximum atomic E-state index is 11.2. The van der Waals surface area contributed by atoms with Crippen LogP contribution in [0.4, 0.5) is 0 Å². The first-order valence-electron chi connectivity index (χ1n) is 7.58. The zero-order chi connectivity index (χ0) is 15.5. The highest BCUT2D eigenvalue weighted by Gasteiger charge is 2.31. The lowest BCUT2D eigenvalue weighted by atomic mass is 9.94. The number of aliphatic carboxylic acids is 1. The van der Waals surface area contributed by atoms with Gasteiger partial charge in [-0.25, -0.2) is 0 Å². The zero-order valence-electron chi connectivity index (χ0n) is 12.6. The molecule has 1 fully saturated rings. The lowest BCUT2D eigenvalue weighted by Crippen LogP contribution is -2.39. The maximum absolute atomic E-state index is 11.2. The van der Waals surface area contributed by atoms with Crippen LogP contribution in [0.5, 0.6) is 0 Å². The average molecular weight is 316 g/mol. The van der Waals surface area contributed by atoms with Crippen LogP contribution in [0.1, 0.15) is 35.0 Å². The van der Waals surface area contributed by atoms with E-state index in [9.17, 15) is 9.90 Å². The number of aromatic nitrogens is 1. The van der Waals surface area contributed by atoms with Gasteiger partial charge in [0.15, 0.2) is 0 Å². The van der Waals surface area contributed by atoms with E-state index in [0.29, 0.717) is 12.8 Å². The number of likely N-dealkylation sites (tertiary alicyclic amines) is 1. The van der Waals surface area contributed by atoms with E-state index in [1.807, 2.05) is 18.3 Å². The summed E-state index contributed by atoms with van der Waals surface area (Å²) >= 11 is 1.76. The molecule has 0 saturated carbocycles. The van der Waals surface area contributed by atoms with Crippen LogP contribution in [0.15, 0.2) is 35.8 Å². The Morgan fingerprint density at radius 2 is 2.14 bits per heavy atom. The largest absolute Gasteiger partial charge is 0.481 e. The maximum Gasteiger partial charge on any atom is 0.306 e. The molecule has 1 atom stereocenters. The van der Waals surface area contributed by atoms with Crippen LogP contribution in [0, 0.1) is 12.8 Å². The topological polar surface area (TPSA) is 53.4 Å². The monoisotopic (exact) mass is 316 g/mol. The number of aryl methyl sites for hydroxylation is 1. The molecule has 5 heteroatoms. The highest BCUT2D eigenvalue weighted by Crippen LogP contribution is 2.35. The van der Waals surface area contributed by atoms with E-state index in [1.165, 1.54) is 10.4 Å². The number of piperidine rings is 1. The molecule has 3 rings (SSSR count). The average Bonchev–Trinajstić information content (AvgIpc) is 2.95. The normalized spacial score (nSPS) is 18.2. The number of carboxylic acid groups (broad SMARTS) is 1. The van der Waals surface area contributed by atoms with E-state index < -0.39 is 5.97 Å². The van der Waals surface area contributed by atoms with Gasteiger partial charge in [-0.1, -0.05) is 6.07 Å². The number of carboxylic acids is 1.